The van der Waals surface area contributed by atoms with E-state index in [0.717, 1.165) is 11.0 Å². The van der Waals surface area contributed by atoms with Crippen molar-refractivity contribution in [2.24, 2.45) is 0 Å². The summed E-state index contributed by atoms with van der Waals surface area (Å²) in [6.45, 7) is -0.858. The van der Waals surface area contributed by atoms with Crippen molar-refractivity contribution in [1.29, 1.82) is 0 Å². The fourth-order valence-electron chi connectivity index (χ4n) is 4.17. The van der Waals surface area contributed by atoms with E-state index in [1.807, 2.05) is 0 Å². The van der Waals surface area contributed by atoms with Crippen molar-refractivity contribution in [3.63, 3.8) is 0 Å². The van der Waals surface area contributed by atoms with Gasteiger partial charge in [0.05, 0.1) is 16.9 Å². The van der Waals surface area contributed by atoms with E-state index in [1.165, 1.54) is 13.1 Å². The number of sulfonamides is 1. The quantitative estimate of drug-likeness (QED) is 0.323. The number of nitrogens with one attached hydrogen (secondary N) is 1. The third-order valence-corrected chi connectivity index (χ3v) is 9.43. The number of likely N-dealkylation sites (N-methyl/N-ethyl adjacent to an activating group) is 1. The second-order valence-electron chi connectivity index (χ2n) is 8.83. The zero-order valence-electron chi connectivity index (χ0n) is 20.1. The zero-order valence-corrected chi connectivity index (χ0v) is 21.8. The lowest BCUT2D eigenvalue weighted by Crippen LogP contribution is -2.50. The van der Waals surface area contributed by atoms with Gasteiger partial charge in [0.15, 0.2) is 0 Å². The molecule has 0 aliphatic heterocycles. The minimum Gasteiger partial charge on any atom is -0.480 e. The Hall–Kier alpha value is -3.47. The molecular weight excluding hydrogens is 567 g/mol. The summed E-state index contributed by atoms with van der Waals surface area (Å²) in [6, 6.07) is 11.0. The van der Waals surface area contributed by atoms with E-state index in [2.05, 4.69) is 14.4 Å². The molecule has 0 radical (unpaired) electrons. The van der Waals surface area contributed by atoms with Gasteiger partial charge in [-0.1, -0.05) is 35.5 Å². The van der Waals surface area contributed by atoms with Crippen LogP contribution in [0, 0.1) is 0 Å². The molecule has 39 heavy (non-hydrogen) atoms. The molecule has 3 N–H and O–H groups in total. The first-order valence-corrected chi connectivity index (χ1v) is 13.5. The Bertz CT molecular complexity index is 1470. The van der Waals surface area contributed by atoms with Crippen LogP contribution in [0.15, 0.2) is 57.3 Å². The lowest BCUT2D eigenvalue weighted by Gasteiger charge is -2.25. The molecule has 16 heteroatoms. The third-order valence-electron chi connectivity index (χ3n) is 6.34. The first kappa shape index (κ1) is 28.5. The van der Waals surface area contributed by atoms with Crippen LogP contribution in [-0.4, -0.2) is 73.1 Å². The minimum atomic E-state index is -4.78. The van der Waals surface area contributed by atoms with Gasteiger partial charge in [-0.25, -0.2) is 13.2 Å². The molecule has 0 bridgehead atoms. The number of alkyl halides is 3. The predicted molar refractivity (Wildman–Crippen MR) is 129 cm³/mol. The number of aromatic nitrogens is 1. The number of benzene rings is 1. The predicted octanol–water partition coefficient (Wildman–Crippen LogP) is 2.93. The number of carboxylic acid groups (broad SMARTS) is 1. The van der Waals surface area contributed by atoms with Gasteiger partial charge in [-0.2, -0.15) is 17.9 Å². The molecule has 1 amide bonds. The Kier molecular flexibility index (Phi) is 7.50. The van der Waals surface area contributed by atoms with Crippen LogP contribution in [0.5, 0.6) is 0 Å². The number of halogens is 3. The van der Waals surface area contributed by atoms with Gasteiger partial charge < -0.3 is 24.4 Å². The molecule has 0 spiro atoms. The number of thiophene rings is 1. The van der Waals surface area contributed by atoms with E-state index in [9.17, 15) is 36.3 Å². The Morgan fingerprint density at radius 2 is 1.92 bits per heavy atom. The minimum absolute atomic E-state index is 0.0371. The van der Waals surface area contributed by atoms with E-state index in [1.54, 1.807) is 30.3 Å². The van der Waals surface area contributed by atoms with Crippen LogP contribution in [-0.2, 0) is 31.1 Å². The number of carbonyl (C=O) groups is 2. The standard InChI is InChI=1S/C23H22F3N3O8S2/c1-29(9-10-30)20(33)36-13-21(14-5-3-2-4-6-14)12-22(21,19(31)32)28-39(34,35)18-8-7-16(38-18)15-11-17(37-27-15)23(24,25)26/h2-8,11,28,30H,9-10,12-13H2,1H3,(H,31,32)/t21-,22+/m1/s1. The summed E-state index contributed by atoms with van der Waals surface area (Å²) in [6.07, 6.45) is -5.88. The topological polar surface area (TPSA) is 159 Å². The van der Waals surface area contributed by atoms with Gasteiger partial charge in [0.2, 0.25) is 5.76 Å². The molecule has 1 aliphatic carbocycles. The number of nitrogens with zero attached hydrogens (tertiary/aromatic N) is 2. The van der Waals surface area contributed by atoms with Gasteiger partial charge in [-0.3, -0.25) is 4.79 Å². The van der Waals surface area contributed by atoms with Crippen LogP contribution < -0.4 is 4.72 Å². The molecule has 11 nitrogen and oxygen atoms in total. The monoisotopic (exact) mass is 589 g/mol. The first-order chi connectivity index (χ1) is 18.3. The average molecular weight is 590 g/mol. The molecule has 0 unspecified atom stereocenters. The number of aliphatic hydroxyl groups excluding tert-OH is 1. The van der Waals surface area contributed by atoms with Crippen molar-refractivity contribution < 1.29 is 50.7 Å². The number of carboxylic acids is 1. The maximum atomic E-state index is 13.3. The third kappa shape index (κ3) is 5.36. The molecule has 1 fully saturated rings. The van der Waals surface area contributed by atoms with Crippen molar-refractivity contribution in [2.75, 3.05) is 26.8 Å². The number of aliphatic carboxylic acids is 1. The second-order valence-corrected chi connectivity index (χ2v) is 11.8. The van der Waals surface area contributed by atoms with Crippen molar-refractivity contribution in [1.82, 2.24) is 14.8 Å². The van der Waals surface area contributed by atoms with Crippen LogP contribution >= 0.6 is 11.3 Å². The highest BCUT2D eigenvalue weighted by molar-refractivity contribution is 7.91. The normalized spacial score (nSPS) is 20.9. The summed E-state index contributed by atoms with van der Waals surface area (Å²) in [5, 5.41) is 22.6. The zero-order chi connectivity index (χ0) is 28.6. The van der Waals surface area contributed by atoms with Crippen LogP contribution in [0.25, 0.3) is 10.6 Å². The maximum Gasteiger partial charge on any atom is 0.452 e. The Labute approximate surface area is 223 Å². The summed E-state index contributed by atoms with van der Waals surface area (Å²) in [5.74, 6) is -2.87. The second kappa shape index (κ2) is 10.3. The number of hydrogen-bond acceptors (Lipinski definition) is 9. The molecular formula is C23H22F3N3O8S2. The molecule has 0 saturated heterocycles. The average Bonchev–Trinajstić information content (AvgIpc) is 3.25. The number of ether oxygens (including phenoxy) is 1. The number of aliphatic hydroxyl groups is 1. The molecule has 2 atom stereocenters. The van der Waals surface area contributed by atoms with Crippen LogP contribution in [0.4, 0.5) is 18.0 Å². The summed E-state index contributed by atoms with van der Waals surface area (Å²) in [5.41, 5.74) is -3.42. The van der Waals surface area contributed by atoms with E-state index < -0.39 is 51.6 Å². The van der Waals surface area contributed by atoms with Gasteiger partial charge in [0.25, 0.3) is 10.0 Å². The van der Waals surface area contributed by atoms with E-state index in [4.69, 9.17) is 9.84 Å². The van der Waals surface area contributed by atoms with Gasteiger partial charge in [-0.15, -0.1) is 11.3 Å². The van der Waals surface area contributed by atoms with Crippen LogP contribution in [0.3, 0.4) is 0 Å². The Morgan fingerprint density at radius 3 is 2.51 bits per heavy atom. The van der Waals surface area contributed by atoms with Crippen molar-refractivity contribution in [2.45, 2.75) is 27.8 Å². The van der Waals surface area contributed by atoms with E-state index in [-0.39, 0.29) is 34.4 Å². The van der Waals surface area contributed by atoms with Gasteiger partial charge in [0.1, 0.15) is 22.0 Å². The molecule has 1 saturated carbocycles. The highest BCUT2D eigenvalue weighted by atomic mass is 32.2. The Morgan fingerprint density at radius 1 is 1.23 bits per heavy atom. The van der Waals surface area contributed by atoms with Gasteiger partial charge in [0, 0.05) is 19.7 Å². The summed E-state index contributed by atoms with van der Waals surface area (Å²) < 4.78 is 76.7. The van der Waals surface area contributed by atoms with Crippen LogP contribution in [0.2, 0.25) is 0 Å². The number of rotatable bonds is 10. The lowest BCUT2D eigenvalue weighted by atomic mass is 9.91. The molecule has 4 rings (SSSR count). The highest BCUT2D eigenvalue weighted by Crippen LogP contribution is 2.59. The first-order valence-electron chi connectivity index (χ1n) is 11.2. The largest absolute Gasteiger partial charge is 0.480 e. The van der Waals surface area contributed by atoms with Gasteiger partial charge in [-0.05, 0) is 24.1 Å². The number of hydrogen-bond donors (Lipinski definition) is 3. The fourth-order valence-corrected chi connectivity index (χ4v) is 6.86. The Balaban J connectivity index is 1.64. The summed E-state index contributed by atoms with van der Waals surface area (Å²) >= 11 is 0.572. The summed E-state index contributed by atoms with van der Waals surface area (Å²) in [4.78, 5) is 26.0. The lowest BCUT2D eigenvalue weighted by molar-refractivity contribution is -0.155. The molecule has 2 heterocycles. The van der Waals surface area contributed by atoms with Gasteiger partial charge >= 0.3 is 18.2 Å². The summed E-state index contributed by atoms with van der Waals surface area (Å²) in [7, 11) is -3.16. The van der Waals surface area contributed by atoms with E-state index in [0.29, 0.717) is 23.0 Å². The fraction of sp³-hybridized carbons (Fsp3) is 0.348. The van der Waals surface area contributed by atoms with Crippen molar-refractivity contribution >= 4 is 33.4 Å². The van der Waals surface area contributed by atoms with Crippen molar-refractivity contribution in [3.05, 3.63) is 59.9 Å². The molecule has 1 aliphatic rings. The van der Waals surface area contributed by atoms with Crippen molar-refractivity contribution in [3.8, 4) is 10.6 Å². The molecule has 2 aromatic heterocycles. The van der Waals surface area contributed by atoms with E-state index >= 15 is 0 Å². The molecule has 1 aromatic carbocycles. The molecule has 210 valence electrons. The van der Waals surface area contributed by atoms with Crippen LogP contribution in [0.1, 0.15) is 17.7 Å². The highest BCUT2D eigenvalue weighted by Gasteiger charge is 2.75. The number of amides is 1. The molecule has 3 aromatic rings. The number of carbonyl (C=O) groups excluding carboxylic acids is 1. The maximum absolute atomic E-state index is 13.3. The SMILES string of the molecule is CN(CCO)C(=O)OC[C@@]1(c2ccccc2)C[C@]1(NS(=O)(=O)c1ccc(-c2cc(C(F)(F)F)on2)s1)C(=O)O. The smallest absolute Gasteiger partial charge is 0.452 e.